The predicted molar refractivity (Wildman–Crippen MR) is 91.6 cm³/mol. The van der Waals surface area contributed by atoms with Crippen molar-refractivity contribution >= 4 is 0 Å². The van der Waals surface area contributed by atoms with E-state index in [2.05, 4.69) is 28.4 Å². The quantitative estimate of drug-likeness (QED) is 0.928. The highest BCUT2D eigenvalue weighted by molar-refractivity contribution is 5.38. The van der Waals surface area contributed by atoms with E-state index in [9.17, 15) is 5.26 Å². The third-order valence-electron chi connectivity index (χ3n) is 5.39. The number of hydrogen-bond acceptors (Lipinski definition) is 4. The minimum atomic E-state index is -0.336. The van der Waals surface area contributed by atoms with Crippen LogP contribution in [0, 0.1) is 11.3 Å². The number of piperazine rings is 1. The lowest BCUT2D eigenvalue weighted by Crippen LogP contribution is -2.50. The molecule has 3 rings (SSSR count). The minimum absolute atomic E-state index is 0.336. The number of hydrogen-bond donors (Lipinski definition) is 1. The van der Waals surface area contributed by atoms with E-state index in [1.165, 1.54) is 0 Å². The summed E-state index contributed by atoms with van der Waals surface area (Å²) >= 11 is 0. The van der Waals surface area contributed by atoms with E-state index in [4.69, 9.17) is 4.74 Å². The van der Waals surface area contributed by atoms with Gasteiger partial charge in [-0.3, -0.25) is 4.90 Å². The van der Waals surface area contributed by atoms with Crippen LogP contribution < -0.4 is 10.1 Å². The first-order valence-electron chi connectivity index (χ1n) is 8.87. The molecule has 1 N–H and O–H groups in total. The Morgan fingerprint density at radius 3 is 2.70 bits per heavy atom. The van der Waals surface area contributed by atoms with Gasteiger partial charge in [-0.15, -0.1) is 0 Å². The van der Waals surface area contributed by atoms with E-state index in [0.717, 1.165) is 63.2 Å². The molecule has 1 aliphatic carbocycles. The molecular formula is C19H27N3O. The second kappa shape index (κ2) is 7.33. The Balaban J connectivity index is 1.71. The molecule has 0 aromatic heterocycles. The second-order valence-electron chi connectivity index (χ2n) is 6.67. The normalized spacial score (nSPS) is 29.0. The molecule has 0 bridgehead atoms. The van der Waals surface area contributed by atoms with Crippen LogP contribution in [0.25, 0.3) is 0 Å². The molecular weight excluding hydrogens is 286 g/mol. The predicted octanol–water partition coefficient (Wildman–Crippen LogP) is 2.69. The summed E-state index contributed by atoms with van der Waals surface area (Å²) in [6.45, 7) is 7.13. The number of nitrogens with zero attached hydrogens (tertiary/aromatic N) is 2. The minimum Gasteiger partial charge on any atom is -0.494 e. The summed E-state index contributed by atoms with van der Waals surface area (Å²) in [5.41, 5.74) is 0.794. The summed E-state index contributed by atoms with van der Waals surface area (Å²) in [6, 6.07) is 11.4. The van der Waals surface area contributed by atoms with E-state index < -0.39 is 0 Å². The SMILES string of the molecule is CCOc1cccc(C2(C#N)CCC(N3CCNCC3)CC2)c1. The Bertz CT molecular complexity index is 552. The van der Waals surface area contributed by atoms with Crippen molar-refractivity contribution in [3.8, 4) is 11.8 Å². The van der Waals surface area contributed by atoms with E-state index in [1.807, 2.05) is 19.1 Å². The Kier molecular flexibility index (Phi) is 5.20. The monoisotopic (exact) mass is 313 g/mol. The fraction of sp³-hybridized carbons (Fsp3) is 0.632. The third kappa shape index (κ3) is 3.52. The van der Waals surface area contributed by atoms with Crippen LogP contribution in [0.15, 0.2) is 24.3 Å². The van der Waals surface area contributed by atoms with Gasteiger partial charge >= 0.3 is 0 Å². The van der Waals surface area contributed by atoms with Crippen molar-refractivity contribution in [3.05, 3.63) is 29.8 Å². The van der Waals surface area contributed by atoms with Gasteiger partial charge in [-0.1, -0.05) is 12.1 Å². The van der Waals surface area contributed by atoms with Crippen LogP contribution in [0.3, 0.4) is 0 Å². The third-order valence-corrected chi connectivity index (χ3v) is 5.39. The van der Waals surface area contributed by atoms with Crippen molar-refractivity contribution in [1.82, 2.24) is 10.2 Å². The molecule has 1 aromatic carbocycles. The zero-order chi connectivity index (χ0) is 16.1. The fourth-order valence-corrected chi connectivity index (χ4v) is 4.02. The maximum atomic E-state index is 9.90. The summed E-state index contributed by atoms with van der Waals surface area (Å²) in [6.07, 6.45) is 4.14. The molecule has 1 aromatic rings. The molecule has 1 heterocycles. The van der Waals surface area contributed by atoms with Gasteiger partial charge in [0.15, 0.2) is 0 Å². The lowest BCUT2D eigenvalue weighted by molar-refractivity contribution is 0.122. The van der Waals surface area contributed by atoms with Gasteiger partial charge in [0.1, 0.15) is 5.75 Å². The molecule has 4 nitrogen and oxygen atoms in total. The Morgan fingerprint density at radius 2 is 2.04 bits per heavy atom. The van der Waals surface area contributed by atoms with Crippen molar-refractivity contribution in [2.75, 3.05) is 32.8 Å². The van der Waals surface area contributed by atoms with Gasteiger partial charge in [-0.25, -0.2) is 0 Å². The van der Waals surface area contributed by atoms with Gasteiger partial charge in [0.25, 0.3) is 0 Å². The second-order valence-corrected chi connectivity index (χ2v) is 6.67. The Labute approximate surface area is 139 Å². The van der Waals surface area contributed by atoms with Crippen LogP contribution in [0.4, 0.5) is 0 Å². The molecule has 0 spiro atoms. The molecule has 1 saturated carbocycles. The Morgan fingerprint density at radius 1 is 1.30 bits per heavy atom. The fourth-order valence-electron chi connectivity index (χ4n) is 4.02. The average Bonchev–Trinajstić information content (AvgIpc) is 2.63. The largest absolute Gasteiger partial charge is 0.494 e. The van der Waals surface area contributed by atoms with Crippen molar-refractivity contribution < 1.29 is 4.74 Å². The zero-order valence-corrected chi connectivity index (χ0v) is 14.1. The van der Waals surface area contributed by atoms with Crippen LogP contribution in [0.1, 0.15) is 38.2 Å². The maximum Gasteiger partial charge on any atom is 0.119 e. The highest BCUT2D eigenvalue weighted by Gasteiger charge is 2.39. The van der Waals surface area contributed by atoms with E-state index >= 15 is 0 Å². The zero-order valence-electron chi connectivity index (χ0n) is 14.1. The van der Waals surface area contributed by atoms with Crippen LogP contribution in [-0.4, -0.2) is 43.7 Å². The smallest absolute Gasteiger partial charge is 0.119 e. The summed E-state index contributed by atoms with van der Waals surface area (Å²) < 4.78 is 5.62. The van der Waals surface area contributed by atoms with Gasteiger partial charge in [-0.2, -0.15) is 5.26 Å². The first-order chi connectivity index (χ1) is 11.3. The lowest BCUT2D eigenvalue weighted by atomic mass is 9.69. The van der Waals surface area contributed by atoms with E-state index in [0.29, 0.717) is 12.6 Å². The van der Waals surface area contributed by atoms with Crippen LogP contribution in [0.5, 0.6) is 5.75 Å². The Hall–Kier alpha value is -1.57. The number of nitriles is 1. The van der Waals surface area contributed by atoms with Crippen molar-refractivity contribution in [1.29, 1.82) is 5.26 Å². The standard InChI is InChI=1S/C19H27N3O/c1-2-23-18-5-3-4-16(14-18)19(15-20)8-6-17(7-9-19)22-12-10-21-11-13-22/h3-5,14,17,21H,2,6-13H2,1H3. The molecule has 0 atom stereocenters. The highest BCUT2D eigenvalue weighted by atomic mass is 16.5. The number of ether oxygens (including phenoxy) is 1. The topological polar surface area (TPSA) is 48.3 Å². The van der Waals surface area contributed by atoms with Crippen LogP contribution in [0.2, 0.25) is 0 Å². The first kappa shape index (κ1) is 16.3. The van der Waals surface area contributed by atoms with Crippen molar-refractivity contribution in [2.45, 2.75) is 44.1 Å². The van der Waals surface area contributed by atoms with Crippen molar-refractivity contribution in [3.63, 3.8) is 0 Å². The van der Waals surface area contributed by atoms with Gasteiger partial charge < -0.3 is 10.1 Å². The van der Waals surface area contributed by atoms with Crippen molar-refractivity contribution in [2.24, 2.45) is 0 Å². The average molecular weight is 313 g/mol. The van der Waals surface area contributed by atoms with E-state index in [1.54, 1.807) is 0 Å². The number of rotatable bonds is 4. The van der Waals surface area contributed by atoms with Crippen LogP contribution in [-0.2, 0) is 5.41 Å². The molecule has 124 valence electrons. The molecule has 1 saturated heterocycles. The first-order valence-corrected chi connectivity index (χ1v) is 8.87. The summed E-state index contributed by atoms with van der Waals surface area (Å²) in [7, 11) is 0. The highest BCUT2D eigenvalue weighted by Crippen LogP contribution is 2.41. The number of nitrogens with one attached hydrogen (secondary N) is 1. The molecule has 2 fully saturated rings. The molecule has 2 aliphatic rings. The van der Waals surface area contributed by atoms with Crippen LogP contribution >= 0.6 is 0 Å². The molecule has 0 radical (unpaired) electrons. The van der Waals surface area contributed by atoms with E-state index in [-0.39, 0.29) is 5.41 Å². The summed E-state index contributed by atoms with van der Waals surface area (Å²) in [4.78, 5) is 2.61. The lowest BCUT2D eigenvalue weighted by Gasteiger charge is -2.42. The number of benzene rings is 1. The van der Waals surface area contributed by atoms with Gasteiger partial charge in [0.05, 0.1) is 18.1 Å². The molecule has 0 unspecified atom stereocenters. The van der Waals surface area contributed by atoms with Gasteiger partial charge in [0.2, 0.25) is 0 Å². The molecule has 23 heavy (non-hydrogen) atoms. The molecule has 4 heteroatoms. The van der Waals surface area contributed by atoms with Gasteiger partial charge in [0, 0.05) is 32.2 Å². The molecule has 0 amide bonds. The summed E-state index contributed by atoms with van der Waals surface area (Å²) in [5.74, 6) is 0.879. The maximum absolute atomic E-state index is 9.90. The molecule has 1 aliphatic heterocycles. The van der Waals surface area contributed by atoms with Gasteiger partial charge in [-0.05, 0) is 50.3 Å². The summed E-state index contributed by atoms with van der Waals surface area (Å²) in [5, 5.41) is 13.3.